The Bertz CT molecular complexity index is 1320. The maximum absolute atomic E-state index is 12.9. The Hall–Kier alpha value is -2.11. The van der Waals surface area contributed by atoms with Gasteiger partial charge in [0.15, 0.2) is 6.10 Å². The Balaban J connectivity index is 4.01. The van der Waals surface area contributed by atoms with E-state index in [1.807, 2.05) is 0 Å². The van der Waals surface area contributed by atoms with Crippen molar-refractivity contribution >= 4 is 17.9 Å². The van der Waals surface area contributed by atoms with E-state index in [1.165, 1.54) is 327 Å². The molecule has 0 fully saturated rings. The molecule has 0 rings (SSSR count). The van der Waals surface area contributed by atoms with Crippen LogP contribution in [0.15, 0.2) is 24.3 Å². The van der Waals surface area contributed by atoms with Gasteiger partial charge in [-0.25, -0.2) is 0 Å². The van der Waals surface area contributed by atoms with Crippen molar-refractivity contribution in [3.05, 3.63) is 24.3 Å². The van der Waals surface area contributed by atoms with Crippen molar-refractivity contribution in [1.82, 2.24) is 0 Å². The lowest BCUT2D eigenvalue weighted by Crippen LogP contribution is -2.30. The zero-order chi connectivity index (χ0) is 59.2. The van der Waals surface area contributed by atoms with Crippen LogP contribution in [0.3, 0.4) is 0 Å². The second kappa shape index (κ2) is 71.4. The van der Waals surface area contributed by atoms with Gasteiger partial charge in [0.25, 0.3) is 0 Å². The summed E-state index contributed by atoms with van der Waals surface area (Å²) in [5, 5.41) is 0. The van der Waals surface area contributed by atoms with Gasteiger partial charge in [-0.2, -0.15) is 0 Å². The van der Waals surface area contributed by atoms with E-state index >= 15 is 0 Å². The molecule has 1 unspecified atom stereocenters. The normalized spacial score (nSPS) is 12.1. The van der Waals surface area contributed by atoms with Crippen LogP contribution in [0.4, 0.5) is 0 Å². The Morgan fingerprint density at radius 3 is 0.610 bits per heavy atom. The maximum atomic E-state index is 12.9. The number of rotatable bonds is 70. The highest BCUT2D eigenvalue weighted by Crippen LogP contribution is 2.19. The molecule has 0 aliphatic carbocycles. The average molecular weight is 1150 g/mol. The van der Waals surface area contributed by atoms with Gasteiger partial charge in [0.2, 0.25) is 0 Å². The van der Waals surface area contributed by atoms with Crippen molar-refractivity contribution in [3.8, 4) is 0 Å². The predicted molar refractivity (Wildman–Crippen MR) is 358 cm³/mol. The van der Waals surface area contributed by atoms with Crippen LogP contribution in [0, 0.1) is 0 Å². The van der Waals surface area contributed by atoms with Crippen molar-refractivity contribution in [2.75, 3.05) is 13.2 Å². The van der Waals surface area contributed by atoms with E-state index < -0.39 is 6.10 Å². The van der Waals surface area contributed by atoms with Gasteiger partial charge in [0.1, 0.15) is 13.2 Å². The number of hydrogen-bond acceptors (Lipinski definition) is 6. The first-order valence-electron chi connectivity index (χ1n) is 37.3. The second-order valence-electron chi connectivity index (χ2n) is 25.6. The van der Waals surface area contributed by atoms with Gasteiger partial charge >= 0.3 is 17.9 Å². The Morgan fingerprint density at radius 2 is 0.402 bits per heavy atom. The van der Waals surface area contributed by atoms with E-state index in [0.29, 0.717) is 19.3 Å². The summed E-state index contributed by atoms with van der Waals surface area (Å²) in [6.45, 7) is 6.70. The van der Waals surface area contributed by atoms with Crippen molar-refractivity contribution in [2.45, 2.75) is 431 Å². The molecular weight excluding hydrogens is 1010 g/mol. The summed E-state index contributed by atoms with van der Waals surface area (Å²) in [6.07, 6.45) is 88.2. The molecule has 0 saturated heterocycles. The molecule has 0 saturated carbocycles. The van der Waals surface area contributed by atoms with Gasteiger partial charge in [-0.05, 0) is 70.6 Å². The van der Waals surface area contributed by atoms with Gasteiger partial charge in [0, 0.05) is 19.3 Å². The fourth-order valence-electron chi connectivity index (χ4n) is 11.6. The number of allylic oxidation sites excluding steroid dienone is 4. The summed E-state index contributed by atoms with van der Waals surface area (Å²) in [5.41, 5.74) is 0. The summed E-state index contributed by atoms with van der Waals surface area (Å²) in [7, 11) is 0. The minimum Gasteiger partial charge on any atom is -0.462 e. The average Bonchev–Trinajstić information content (AvgIpc) is 3.48. The monoisotopic (exact) mass is 1150 g/mol. The topological polar surface area (TPSA) is 78.9 Å². The Labute approximate surface area is 513 Å². The number of carbonyl (C=O) groups is 3. The molecule has 0 aromatic rings. The predicted octanol–water partition coefficient (Wildman–Crippen LogP) is 25.7. The van der Waals surface area contributed by atoms with Crippen LogP contribution in [-0.2, 0) is 28.6 Å². The van der Waals surface area contributed by atoms with E-state index in [2.05, 4.69) is 45.1 Å². The fraction of sp³-hybridized carbons (Fsp3) is 0.908. The van der Waals surface area contributed by atoms with Gasteiger partial charge in [-0.1, -0.05) is 360 Å². The van der Waals surface area contributed by atoms with Gasteiger partial charge < -0.3 is 14.2 Å². The highest BCUT2D eigenvalue weighted by atomic mass is 16.6. The molecule has 484 valence electrons. The first-order chi connectivity index (χ1) is 40.5. The quantitative estimate of drug-likeness (QED) is 0.0261. The van der Waals surface area contributed by atoms with Crippen LogP contribution in [0.1, 0.15) is 425 Å². The lowest BCUT2D eigenvalue weighted by molar-refractivity contribution is -0.167. The fourth-order valence-corrected chi connectivity index (χ4v) is 11.6. The smallest absolute Gasteiger partial charge is 0.306 e. The third-order valence-corrected chi connectivity index (χ3v) is 17.2. The molecule has 0 amide bonds. The summed E-state index contributed by atoms with van der Waals surface area (Å²) < 4.78 is 17.0. The third-order valence-electron chi connectivity index (χ3n) is 17.2. The number of esters is 3. The minimum atomic E-state index is -0.768. The van der Waals surface area contributed by atoms with E-state index in [9.17, 15) is 14.4 Å². The van der Waals surface area contributed by atoms with Crippen LogP contribution in [0.25, 0.3) is 0 Å². The van der Waals surface area contributed by atoms with Crippen LogP contribution in [0.2, 0.25) is 0 Å². The molecule has 6 nitrogen and oxygen atoms in total. The molecule has 0 aliphatic heterocycles. The molecule has 0 radical (unpaired) electrons. The van der Waals surface area contributed by atoms with Crippen molar-refractivity contribution < 1.29 is 28.6 Å². The molecule has 0 heterocycles. The number of ether oxygens (including phenoxy) is 3. The van der Waals surface area contributed by atoms with Crippen molar-refractivity contribution in [3.63, 3.8) is 0 Å². The van der Waals surface area contributed by atoms with Gasteiger partial charge in [-0.15, -0.1) is 0 Å². The molecule has 0 spiro atoms. The maximum Gasteiger partial charge on any atom is 0.306 e. The summed E-state index contributed by atoms with van der Waals surface area (Å²) in [5.74, 6) is -0.838. The minimum absolute atomic E-state index is 0.0654. The first kappa shape index (κ1) is 79.9. The molecular formula is C76H144O6. The Kier molecular flexibility index (Phi) is 69.5. The van der Waals surface area contributed by atoms with E-state index in [4.69, 9.17) is 14.2 Å². The molecule has 0 aromatic heterocycles. The van der Waals surface area contributed by atoms with Crippen molar-refractivity contribution in [2.24, 2.45) is 0 Å². The standard InChI is InChI=1S/C76H144O6/c1-4-7-10-13-16-19-22-24-26-28-30-31-32-33-34-35-36-37-38-39-40-41-42-43-44-45-47-48-50-52-54-57-60-63-66-69-75(78)81-72-73(71-80-74(77)68-65-62-59-56-21-18-15-12-9-6-3)82-76(79)70-67-64-61-58-55-53-51-49-46-29-27-25-23-20-17-14-11-8-5-2/h25,27-28,30,73H,4-24,26,29,31-72H2,1-3H3/b27-25-,30-28-. The van der Waals surface area contributed by atoms with Crippen LogP contribution < -0.4 is 0 Å². The molecule has 0 N–H and O–H groups in total. The van der Waals surface area contributed by atoms with Gasteiger partial charge in [0.05, 0.1) is 0 Å². The van der Waals surface area contributed by atoms with Crippen LogP contribution >= 0.6 is 0 Å². The van der Waals surface area contributed by atoms with Crippen molar-refractivity contribution in [1.29, 1.82) is 0 Å². The summed E-state index contributed by atoms with van der Waals surface area (Å²) in [4.78, 5) is 38.3. The SMILES string of the molecule is CCCCCCCC/C=C\CCCCCCCCCCCC(=O)OC(COC(=O)CCCCCCCCCCCC)COC(=O)CCCCCCCCCCCCCCCCCCCCCCCCC/C=C\CCCCCCCCCC. The highest BCUT2D eigenvalue weighted by Gasteiger charge is 2.20. The molecule has 82 heavy (non-hydrogen) atoms. The second-order valence-corrected chi connectivity index (χ2v) is 25.6. The third kappa shape index (κ3) is 68.7. The van der Waals surface area contributed by atoms with E-state index in [1.54, 1.807) is 0 Å². The van der Waals surface area contributed by atoms with E-state index in [0.717, 1.165) is 57.8 Å². The Morgan fingerprint density at radius 1 is 0.232 bits per heavy atom. The van der Waals surface area contributed by atoms with Crippen LogP contribution in [-0.4, -0.2) is 37.2 Å². The van der Waals surface area contributed by atoms with Crippen LogP contribution in [0.5, 0.6) is 0 Å². The highest BCUT2D eigenvalue weighted by molar-refractivity contribution is 5.71. The molecule has 1 atom stereocenters. The number of unbranched alkanes of at least 4 members (excludes halogenated alkanes) is 55. The first-order valence-corrected chi connectivity index (χ1v) is 37.3. The number of hydrogen-bond donors (Lipinski definition) is 0. The zero-order valence-electron chi connectivity index (χ0n) is 55.8. The summed E-state index contributed by atoms with van der Waals surface area (Å²) in [6, 6.07) is 0. The van der Waals surface area contributed by atoms with E-state index in [-0.39, 0.29) is 31.1 Å². The summed E-state index contributed by atoms with van der Waals surface area (Å²) >= 11 is 0. The molecule has 0 aliphatic rings. The molecule has 0 aromatic carbocycles. The van der Waals surface area contributed by atoms with Gasteiger partial charge in [-0.3, -0.25) is 14.4 Å². The molecule has 6 heteroatoms. The zero-order valence-corrected chi connectivity index (χ0v) is 55.8. The lowest BCUT2D eigenvalue weighted by Gasteiger charge is -2.18. The lowest BCUT2D eigenvalue weighted by atomic mass is 10.0. The largest absolute Gasteiger partial charge is 0.462 e. The molecule has 0 bridgehead atoms. The number of carbonyl (C=O) groups excluding carboxylic acids is 3.